The van der Waals surface area contributed by atoms with Gasteiger partial charge in [-0.05, 0) is 101 Å². The number of hydrogen-bond acceptors (Lipinski definition) is 1. The third-order valence-electron chi connectivity index (χ3n) is 9.42. The van der Waals surface area contributed by atoms with Crippen LogP contribution in [0.5, 0.6) is 0 Å². The number of aryl methyl sites for hydroxylation is 2. The Morgan fingerprint density at radius 2 is 1.22 bits per heavy atom. The van der Waals surface area contributed by atoms with E-state index in [1.807, 2.05) is 0 Å². The summed E-state index contributed by atoms with van der Waals surface area (Å²) in [6.07, 6.45) is 2.88. The van der Waals surface area contributed by atoms with E-state index in [2.05, 4.69) is 65.8 Å². The summed E-state index contributed by atoms with van der Waals surface area (Å²) in [4.78, 5) is 13.3. The fourth-order valence-electron chi connectivity index (χ4n) is 8.40. The summed E-state index contributed by atoms with van der Waals surface area (Å²) in [6.45, 7) is 13.7. The molecule has 6 rings (SSSR count). The molecule has 0 heterocycles. The van der Waals surface area contributed by atoms with E-state index in [1.165, 1.54) is 45.5 Å². The largest absolute Gasteiger partial charge is 0.481 e. The molecule has 0 saturated carbocycles. The van der Waals surface area contributed by atoms with Gasteiger partial charge in [0.25, 0.3) is 0 Å². The molecule has 0 bridgehead atoms. The zero-order valence-electron chi connectivity index (χ0n) is 22.2. The van der Waals surface area contributed by atoms with Crippen LogP contribution in [0.1, 0.15) is 90.6 Å². The highest BCUT2D eigenvalue weighted by Crippen LogP contribution is 2.65. The van der Waals surface area contributed by atoms with Gasteiger partial charge in [-0.3, -0.25) is 4.79 Å². The lowest BCUT2D eigenvalue weighted by atomic mass is 9.62. The van der Waals surface area contributed by atoms with Crippen LogP contribution < -0.4 is 0 Å². The summed E-state index contributed by atoms with van der Waals surface area (Å²) in [5, 5.41) is 10.9. The van der Waals surface area contributed by atoms with Crippen LogP contribution in [0.2, 0.25) is 0 Å². The molecule has 1 spiro atoms. The fraction of sp³-hybridized carbons (Fsp3) is 0.424. The van der Waals surface area contributed by atoms with Gasteiger partial charge in [-0.1, -0.05) is 75.2 Å². The predicted octanol–water partition coefficient (Wildman–Crippen LogP) is 7.21. The van der Waals surface area contributed by atoms with Gasteiger partial charge in [-0.15, -0.1) is 0 Å². The normalized spacial score (nSPS) is 21.3. The van der Waals surface area contributed by atoms with Crippen molar-refractivity contribution in [1.29, 1.82) is 0 Å². The second kappa shape index (κ2) is 7.09. The van der Waals surface area contributed by atoms with Crippen molar-refractivity contribution in [2.24, 2.45) is 0 Å². The number of carboxylic acid groups (broad SMARTS) is 1. The van der Waals surface area contributed by atoms with Gasteiger partial charge in [0.05, 0.1) is 0 Å². The number of aliphatic carboxylic acids is 1. The smallest absolute Gasteiger partial charge is 0.314 e. The first-order chi connectivity index (χ1) is 16.8. The molecule has 2 nitrogen and oxygen atoms in total. The Kier molecular flexibility index (Phi) is 4.62. The molecule has 0 aromatic heterocycles. The summed E-state index contributed by atoms with van der Waals surface area (Å²) in [7, 11) is 0. The van der Waals surface area contributed by atoms with Crippen LogP contribution in [0.3, 0.4) is 0 Å². The highest BCUT2D eigenvalue weighted by atomic mass is 19.1. The molecule has 0 radical (unpaired) electrons. The molecule has 186 valence electrons. The van der Waals surface area contributed by atoms with Gasteiger partial charge >= 0.3 is 5.97 Å². The van der Waals surface area contributed by atoms with Crippen molar-refractivity contribution in [3.8, 4) is 0 Å². The molecular weight excluding hydrogens is 447 g/mol. The summed E-state index contributed by atoms with van der Waals surface area (Å²) in [6, 6.07) is 15.3. The second-order valence-corrected chi connectivity index (χ2v) is 13.1. The first-order valence-electron chi connectivity index (χ1n) is 13.1. The van der Waals surface area contributed by atoms with Crippen molar-refractivity contribution in [2.45, 2.75) is 88.9 Å². The van der Waals surface area contributed by atoms with Gasteiger partial charge in [0, 0.05) is 5.41 Å². The van der Waals surface area contributed by atoms with E-state index in [4.69, 9.17) is 0 Å². The average Bonchev–Trinajstić information content (AvgIpc) is 3.11. The van der Waals surface area contributed by atoms with Crippen LogP contribution in [0, 0.1) is 19.7 Å². The van der Waals surface area contributed by atoms with E-state index in [-0.39, 0.29) is 22.1 Å². The lowest BCUT2D eigenvalue weighted by Gasteiger charge is -2.39. The lowest BCUT2D eigenvalue weighted by Crippen LogP contribution is -2.43. The Labute approximate surface area is 213 Å². The third kappa shape index (κ3) is 2.98. The minimum atomic E-state index is -1.18. The topological polar surface area (TPSA) is 37.3 Å². The quantitative estimate of drug-likeness (QED) is 0.419. The van der Waals surface area contributed by atoms with E-state index in [1.54, 1.807) is 12.1 Å². The zero-order valence-corrected chi connectivity index (χ0v) is 22.2. The van der Waals surface area contributed by atoms with Crippen LogP contribution in [0.25, 0.3) is 0 Å². The Morgan fingerprint density at radius 3 is 1.64 bits per heavy atom. The van der Waals surface area contributed by atoms with Gasteiger partial charge in [0.15, 0.2) is 0 Å². The number of benzene rings is 3. The van der Waals surface area contributed by atoms with Gasteiger partial charge in [-0.25, -0.2) is 4.39 Å². The van der Waals surface area contributed by atoms with E-state index in [0.717, 1.165) is 24.0 Å². The molecule has 0 aliphatic heterocycles. The fourth-order valence-corrected chi connectivity index (χ4v) is 8.40. The second-order valence-electron chi connectivity index (χ2n) is 13.1. The Hall–Kier alpha value is -2.94. The maximum atomic E-state index is 14.0. The maximum Gasteiger partial charge on any atom is 0.314 e. The Bertz CT molecular complexity index is 1360. The maximum absolute atomic E-state index is 14.0. The van der Waals surface area contributed by atoms with E-state index in [9.17, 15) is 14.3 Å². The lowest BCUT2D eigenvalue weighted by molar-refractivity contribution is -0.144. The average molecular weight is 483 g/mol. The summed E-state index contributed by atoms with van der Waals surface area (Å²) < 4.78 is 14.0. The van der Waals surface area contributed by atoms with Gasteiger partial charge in [-0.2, -0.15) is 0 Å². The summed E-state index contributed by atoms with van der Waals surface area (Å²) >= 11 is 0. The number of halogens is 1. The molecule has 1 N–H and O–H groups in total. The van der Waals surface area contributed by atoms with Gasteiger partial charge in [0.1, 0.15) is 11.2 Å². The molecule has 0 atom stereocenters. The molecule has 0 unspecified atom stereocenters. The van der Waals surface area contributed by atoms with Crippen molar-refractivity contribution in [2.75, 3.05) is 0 Å². The molecule has 3 aromatic carbocycles. The zero-order chi connectivity index (χ0) is 25.8. The molecule has 0 fully saturated rings. The SMILES string of the molecule is Cc1cc2c3c(c1)C(C)(C)CC31CC(C)(C)c3cc(C)cc(c31)CC(C(=O)O)(c1ccc(F)cc1)C2. The summed E-state index contributed by atoms with van der Waals surface area (Å²) in [5.41, 5.74) is 9.47. The van der Waals surface area contributed by atoms with Crippen LogP contribution in [0.15, 0.2) is 48.5 Å². The number of carboxylic acids is 1. The van der Waals surface area contributed by atoms with Crippen LogP contribution in [0.4, 0.5) is 4.39 Å². The molecule has 0 amide bonds. The van der Waals surface area contributed by atoms with E-state index >= 15 is 0 Å². The molecule has 0 saturated heterocycles. The van der Waals surface area contributed by atoms with Crippen molar-refractivity contribution in [3.63, 3.8) is 0 Å². The molecular formula is C33H35FO2. The predicted molar refractivity (Wildman–Crippen MR) is 142 cm³/mol. The molecule has 3 aliphatic rings. The third-order valence-corrected chi connectivity index (χ3v) is 9.42. The highest BCUT2D eigenvalue weighted by Gasteiger charge is 2.60. The van der Waals surface area contributed by atoms with Crippen LogP contribution >= 0.6 is 0 Å². The number of hydrogen-bond donors (Lipinski definition) is 1. The molecule has 3 aliphatic carbocycles. The van der Waals surface area contributed by atoms with E-state index in [0.29, 0.717) is 18.4 Å². The van der Waals surface area contributed by atoms with Crippen molar-refractivity contribution < 1.29 is 14.3 Å². The van der Waals surface area contributed by atoms with Crippen molar-refractivity contribution >= 4 is 5.97 Å². The standard InChI is InChI=1S/C33H35FO2/c1-19-11-21-15-32(29(35)36,23-7-9-24(34)10-8-23)16-22-12-20(2)14-26-28(22)33(18-31(26,5)6)17-30(3,4)25(13-19)27(21)33/h7-14H,15-18H2,1-6H3,(H,35,36). The molecule has 3 heteroatoms. The van der Waals surface area contributed by atoms with Crippen molar-refractivity contribution in [1.82, 2.24) is 0 Å². The van der Waals surface area contributed by atoms with Crippen molar-refractivity contribution in [3.05, 3.63) is 104 Å². The minimum absolute atomic E-state index is 0.0119. The first-order valence-corrected chi connectivity index (χ1v) is 13.1. The number of rotatable bonds is 2. The highest BCUT2D eigenvalue weighted by molar-refractivity contribution is 5.84. The number of carbonyl (C=O) groups is 1. The van der Waals surface area contributed by atoms with Crippen LogP contribution in [-0.2, 0) is 39.3 Å². The molecule has 36 heavy (non-hydrogen) atoms. The van der Waals surface area contributed by atoms with Gasteiger partial charge < -0.3 is 5.11 Å². The molecule has 3 aromatic rings. The van der Waals surface area contributed by atoms with Gasteiger partial charge in [0.2, 0.25) is 0 Å². The Balaban J connectivity index is 1.77. The van der Waals surface area contributed by atoms with E-state index < -0.39 is 11.4 Å². The van der Waals surface area contributed by atoms with Crippen LogP contribution in [-0.4, -0.2) is 11.1 Å². The monoisotopic (exact) mass is 482 g/mol. The first kappa shape index (κ1) is 23.5. The Morgan fingerprint density at radius 1 is 0.778 bits per heavy atom. The minimum Gasteiger partial charge on any atom is -0.481 e. The summed E-state index contributed by atoms with van der Waals surface area (Å²) in [5.74, 6) is -1.19.